The maximum absolute atomic E-state index is 12.2. The highest BCUT2D eigenvalue weighted by atomic mass is 79.9. The minimum absolute atomic E-state index is 0.241. The van der Waals surface area contributed by atoms with E-state index in [1.165, 1.54) is 0 Å². The summed E-state index contributed by atoms with van der Waals surface area (Å²) in [4.78, 5) is 16.6. The van der Waals surface area contributed by atoms with Gasteiger partial charge in [-0.25, -0.2) is 4.98 Å². The molecular weight excluding hydrogens is 440 g/mol. The molecule has 0 aliphatic heterocycles. The molecule has 1 N–H and O–H groups in total. The van der Waals surface area contributed by atoms with Gasteiger partial charge in [0, 0.05) is 10.4 Å². The van der Waals surface area contributed by atoms with E-state index in [2.05, 4.69) is 26.2 Å². The molecule has 5 nitrogen and oxygen atoms in total. The van der Waals surface area contributed by atoms with Gasteiger partial charge in [0.05, 0.1) is 16.0 Å². The Morgan fingerprint density at radius 3 is 2.92 bits per heavy atom. The van der Waals surface area contributed by atoms with Crippen molar-refractivity contribution in [2.75, 3.05) is 0 Å². The topological polar surface area (TPSA) is 64.4 Å². The van der Waals surface area contributed by atoms with Crippen LogP contribution in [0.5, 0.6) is 5.75 Å². The van der Waals surface area contributed by atoms with E-state index in [9.17, 15) is 4.79 Å². The lowest BCUT2D eigenvalue weighted by Crippen LogP contribution is -2.35. The van der Waals surface area contributed by atoms with Crippen molar-refractivity contribution < 1.29 is 13.9 Å². The van der Waals surface area contributed by atoms with E-state index in [0.717, 1.165) is 10.7 Å². The monoisotopic (exact) mass is 454 g/mol. The molecule has 2 aromatic heterocycles. The SMILES string of the molecule is Cc1nc(-c2ccc(CNC(=O)C(C)Oc3ccc(Cl)cc3Br)o2)cs1. The average Bonchev–Trinajstić information content (AvgIpc) is 3.24. The standard InChI is InChI=1S/C18H16BrClN2O3S/c1-10(24-16-5-3-12(20)7-14(16)19)18(23)21-8-13-4-6-17(25-13)15-9-26-11(2)22-15/h3-7,9-10H,8H2,1-2H3,(H,21,23). The number of nitrogens with zero attached hydrogens (tertiary/aromatic N) is 1. The number of rotatable bonds is 6. The Hall–Kier alpha value is -1.83. The molecule has 0 saturated heterocycles. The number of benzene rings is 1. The maximum atomic E-state index is 12.2. The molecule has 0 radical (unpaired) electrons. The van der Waals surface area contributed by atoms with E-state index in [-0.39, 0.29) is 12.5 Å². The highest BCUT2D eigenvalue weighted by molar-refractivity contribution is 9.10. The summed E-state index contributed by atoms with van der Waals surface area (Å²) in [5, 5.41) is 6.31. The Kier molecular flexibility index (Phi) is 6.01. The molecule has 0 aliphatic rings. The van der Waals surface area contributed by atoms with Gasteiger partial charge in [-0.2, -0.15) is 0 Å². The predicted molar refractivity (Wildman–Crippen MR) is 106 cm³/mol. The van der Waals surface area contributed by atoms with E-state index in [1.54, 1.807) is 36.5 Å². The van der Waals surface area contributed by atoms with E-state index >= 15 is 0 Å². The fourth-order valence-corrected chi connectivity index (χ4v) is 3.60. The van der Waals surface area contributed by atoms with Gasteiger partial charge in [-0.3, -0.25) is 4.79 Å². The summed E-state index contributed by atoms with van der Waals surface area (Å²) in [6, 6.07) is 8.81. The summed E-state index contributed by atoms with van der Waals surface area (Å²) in [5.74, 6) is 1.65. The lowest BCUT2D eigenvalue weighted by molar-refractivity contribution is -0.127. The van der Waals surface area contributed by atoms with E-state index in [1.807, 2.05) is 24.4 Å². The fraction of sp³-hybridized carbons (Fsp3) is 0.222. The molecule has 26 heavy (non-hydrogen) atoms. The molecule has 1 atom stereocenters. The van der Waals surface area contributed by atoms with Crippen LogP contribution in [0.3, 0.4) is 0 Å². The van der Waals surface area contributed by atoms with E-state index < -0.39 is 6.10 Å². The number of nitrogens with one attached hydrogen (secondary N) is 1. The van der Waals surface area contributed by atoms with Gasteiger partial charge in [0.25, 0.3) is 5.91 Å². The van der Waals surface area contributed by atoms with Crippen LogP contribution in [0.15, 0.2) is 44.6 Å². The molecule has 2 heterocycles. The van der Waals surface area contributed by atoms with E-state index in [0.29, 0.717) is 26.8 Å². The molecule has 3 rings (SSSR count). The average molecular weight is 456 g/mol. The van der Waals surface area contributed by atoms with Crippen molar-refractivity contribution in [2.24, 2.45) is 0 Å². The number of aromatic nitrogens is 1. The van der Waals surface area contributed by atoms with Crippen molar-refractivity contribution in [1.29, 1.82) is 0 Å². The third-order valence-electron chi connectivity index (χ3n) is 3.54. The zero-order valence-electron chi connectivity index (χ0n) is 14.1. The van der Waals surface area contributed by atoms with Gasteiger partial charge in [0.1, 0.15) is 17.2 Å². The molecule has 1 amide bonds. The number of amides is 1. The molecule has 136 valence electrons. The quantitative estimate of drug-likeness (QED) is 0.554. The second-order valence-electron chi connectivity index (χ2n) is 5.57. The second kappa shape index (κ2) is 8.24. The number of carbonyl (C=O) groups is 1. The smallest absolute Gasteiger partial charge is 0.261 e. The van der Waals surface area contributed by atoms with Gasteiger partial charge in [-0.05, 0) is 60.1 Å². The highest BCUT2D eigenvalue weighted by Crippen LogP contribution is 2.29. The Balaban J connectivity index is 1.55. The zero-order chi connectivity index (χ0) is 18.7. The van der Waals surface area contributed by atoms with Crippen LogP contribution in [0.1, 0.15) is 17.7 Å². The van der Waals surface area contributed by atoms with Crippen LogP contribution in [0.25, 0.3) is 11.5 Å². The summed E-state index contributed by atoms with van der Waals surface area (Å²) >= 11 is 10.8. The van der Waals surface area contributed by atoms with Crippen molar-refractivity contribution in [3.05, 3.63) is 56.0 Å². The summed E-state index contributed by atoms with van der Waals surface area (Å²) in [6.45, 7) is 3.90. The van der Waals surface area contributed by atoms with Crippen molar-refractivity contribution >= 4 is 44.8 Å². The van der Waals surface area contributed by atoms with Gasteiger partial charge >= 0.3 is 0 Å². The Morgan fingerprint density at radius 2 is 2.23 bits per heavy atom. The Bertz CT molecular complexity index is 925. The van der Waals surface area contributed by atoms with Crippen LogP contribution in [0, 0.1) is 6.92 Å². The van der Waals surface area contributed by atoms with Crippen molar-refractivity contribution in [3.63, 3.8) is 0 Å². The lowest BCUT2D eigenvalue weighted by Gasteiger charge is -2.15. The first kappa shape index (κ1) is 18.9. The molecule has 0 bridgehead atoms. The molecular formula is C18H16BrClN2O3S. The number of ether oxygens (including phenoxy) is 1. The van der Waals surface area contributed by atoms with Crippen LogP contribution >= 0.6 is 38.9 Å². The first-order valence-electron chi connectivity index (χ1n) is 7.83. The van der Waals surface area contributed by atoms with Crippen LogP contribution in [0.2, 0.25) is 5.02 Å². The van der Waals surface area contributed by atoms with Gasteiger partial charge in [-0.15, -0.1) is 11.3 Å². The minimum Gasteiger partial charge on any atom is -0.480 e. The zero-order valence-corrected chi connectivity index (χ0v) is 17.2. The van der Waals surface area contributed by atoms with Crippen molar-refractivity contribution in [3.8, 4) is 17.2 Å². The third-order valence-corrected chi connectivity index (χ3v) is 5.17. The molecule has 1 unspecified atom stereocenters. The third kappa shape index (κ3) is 4.66. The second-order valence-corrected chi connectivity index (χ2v) is 7.92. The molecule has 0 saturated carbocycles. The van der Waals surface area contributed by atoms with E-state index in [4.69, 9.17) is 20.8 Å². The number of aryl methyl sites for hydroxylation is 1. The van der Waals surface area contributed by atoms with Crippen LogP contribution < -0.4 is 10.1 Å². The van der Waals surface area contributed by atoms with Crippen LogP contribution in [-0.2, 0) is 11.3 Å². The number of carbonyl (C=O) groups excluding carboxylic acids is 1. The minimum atomic E-state index is -0.664. The summed E-state index contributed by atoms with van der Waals surface area (Å²) < 4.78 is 12.1. The number of halogens is 2. The van der Waals surface area contributed by atoms with Gasteiger partial charge in [0.15, 0.2) is 11.9 Å². The predicted octanol–water partition coefficient (Wildman–Crippen LogP) is 5.21. The molecule has 0 spiro atoms. The Morgan fingerprint density at radius 1 is 1.42 bits per heavy atom. The largest absolute Gasteiger partial charge is 0.480 e. The van der Waals surface area contributed by atoms with Crippen LogP contribution in [-0.4, -0.2) is 17.0 Å². The summed E-state index contributed by atoms with van der Waals surface area (Å²) in [6.07, 6.45) is -0.664. The van der Waals surface area contributed by atoms with Crippen molar-refractivity contribution in [1.82, 2.24) is 10.3 Å². The highest BCUT2D eigenvalue weighted by Gasteiger charge is 2.17. The molecule has 8 heteroatoms. The maximum Gasteiger partial charge on any atom is 0.261 e. The van der Waals surface area contributed by atoms with Gasteiger partial charge < -0.3 is 14.5 Å². The summed E-state index contributed by atoms with van der Waals surface area (Å²) in [5.41, 5.74) is 0.800. The number of hydrogen-bond acceptors (Lipinski definition) is 5. The Labute approximate surface area is 168 Å². The number of furan rings is 1. The van der Waals surface area contributed by atoms with Gasteiger partial charge in [-0.1, -0.05) is 11.6 Å². The first-order valence-corrected chi connectivity index (χ1v) is 9.88. The number of thiazole rings is 1. The lowest BCUT2D eigenvalue weighted by atomic mass is 10.3. The van der Waals surface area contributed by atoms with Gasteiger partial charge in [0.2, 0.25) is 0 Å². The molecule has 1 aromatic carbocycles. The number of hydrogen-bond donors (Lipinski definition) is 1. The molecule has 0 fully saturated rings. The molecule has 0 aliphatic carbocycles. The fourth-order valence-electron chi connectivity index (χ4n) is 2.22. The summed E-state index contributed by atoms with van der Waals surface area (Å²) in [7, 11) is 0. The van der Waals surface area contributed by atoms with Crippen molar-refractivity contribution in [2.45, 2.75) is 26.5 Å². The molecule has 3 aromatic rings. The van der Waals surface area contributed by atoms with Crippen LogP contribution in [0.4, 0.5) is 0 Å². The normalized spacial score (nSPS) is 12.0. The first-order chi connectivity index (χ1) is 12.4.